The van der Waals surface area contributed by atoms with Gasteiger partial charge in [0.2, 0.25) is 11.6 Å². The summed E-state index contributed by atoms with van der Waals surface area (Å²) in [5, 5.41) is 17.3. The Morgan fingerprint density at radius 1 is 0.953 bits per heavy atom. The zero-order valence-electron chi connectivity index (χ0n) is 26.2. The highest BCUT2D eigenvalue weighted by molar-refractivity contribution is 6.05. The Labute approximate surface area is 257 Å². The number of nitrogens with two attached hydrogens (primary N) is 1. The average Bonchev–Trinajstić information content (AvgIpc) is 3.21. The number of nitrogens with one attached hydrogen (secondary N) is 2. The van der Waals surface area contributed by atoms with Crippen molar-refractivity contribution < 1.29 is 14.5 Å². The van der Waals surface area contributed by atoms with Crippen molar-refractivity contribution >= 4 is 40.4 Å². The molecule has 0 spiro atoms. The molecular formula is C36H48N5O2+. The van der Waals surface area contributed by atoms with E-state index in [1.807, 2.05) is 36.4 Å². The van der Waals surface area contributed by atoms with E-state index in [0.717, 1.165) is 61.5 Å². The second-order valence-electron chi connectivity index (χ2n) is 11.6. The molecule has 1 heterocycles. The molecule has 0 saturated heterocycles. The highest BCUT2D eigenvalue weighted by Crippen LogP contribution is 2.42. The fourth-order valence-corrected chi connectivity index (χ4v) is 5.84. The van der Waals surface area contributed by atoms with E-state index in [-0.39, 0.29) is 17.1 Å². The minimum atomic E-state index is -0.251. The van der Waals surface area contributed by atoms with Gasteiger partial charge in [-0.25, -0.2) is 0 Å². The Bertz CT molecular complexity index is 1440. The SMILES string of the molecule is CCN(CC)c1ccc(/C=C/C2=[N+](CCCCCC(=O)NCCN)c3ccc(Nc4ccccc4)cc3C2(C)C)c(O)c1. The van der Waals surface area contributed by atoms with Crippen molar-refractivity contribution in [2.24, 2.45) is 5.73 Å². The molecule has 228 valence electrons. The van der Waals surface area contributed by atoms with Gasteiger partial charge in [0, 0.05) is 85.4 Å². The van der Waals surface area contributed by atoms with Gasteiger partial charge in [-0.15, -0.1) is 0 Å². The average molecular weight is 583 g/mol. The van der Waals surface area contributed by atoms with Crippen LogP contribution in [-0.4, -0.2) is 54.0 Å². The van der Waals surface area contributed by atoms with Crippen LogP contribution in [0.15, 0.2) is 72.8 Å². The van der Waals surface area contributed by atoms with Crippen LogP contribution in [0.3, 0.4) is 0 Å². The Morgan fingerprint density at radius 3 is 2.42 bits per heavy atom. The van der Waals surface area contributed by atoms with E-state index in [9.17, 15) is 9.90 Å². The Morgan fingerprint density at radius 2 is 1.72 bits per heavy atom. The minimum absolute atomic E-state index is 0.0681. The van der Waals surface area contributed by atoms with Crippen LogP contribution in [0.5, 0.6) is 5.75 Å². The van der Waals surface area contributed by atoms with Crippen molar-refractivity contribution in [3.63, 3.8) is 0 Å². The first kappa shape index (κ1) is 31.8. The predicted molar refractivity (Wildman–Crippen MR) is 180 cm³/mol. The molecule has 43 heavy (non-hydrogen) atoms. The number of allylic oxidation sites excluding steroid dienone is 1. The standard InChI is InChI=1S/C36H47N5O2/c1-5-40(6-2)30-19-16-27(33(42)26-30)17-21-34-36(3,4)31-25-29(39-28-13-9-7-10-14-28)18-20-32(31)41(34)24-12-8-11-15-35(43)38-23-22-37/h7,9-10,13-14,16-21,25-26,39H,5-6,8,11-12,15,22-24,37H2,1-4H3,(H,38,43)/p+1. The van der Waals surface area contributed by atoms with E-state index < -0.39 is 0 Å². The number of carbonyl (C=O) groups is 1. The molecule has 0 radical (unpaired) electrons. The molecule has 0 unspecified atom stereocenters. The number of carbonyl (C=O) groups excluding carboxylic acids is 1. The van der Waals surface area contributed by atoms with Crippen LogP contribution in [0.25, 0.3) is 6.08 Å². The number of rotatable bonds is 15. The fourth-order valence-electron chi connectivity index (χ4n) is 5.84. The second kappa shape index (κ2) is 14.9. The van der Waals surface area contributed by atoms with Crippen molar-refractivity contribution in [2.45, 2.75) is 58.8 Å². The monoisotopic (exact) mass is 582 g/mol. The van der Waals surface area contributed by atoms with E-state index in [4.69, 9.17) is 5.73 Å². The summed E-state index contributed by atoms with van der Waals surface area (Å²) in [5.74, 6) is 0.349. The second-order valence-corrected chi connectivity index (χ2v) is 11.6. The quantitative estimate of drug-likeness (QED) is 0.118. The fraction of sp³-hybridized carbons (Fsp3) is 0.389. The smallest absolute Gasteiger partial charge is 0.220 e. The summed E-state index contributed by atoms with van der Waals surface area (Å²) in [7, 11) is 0. The van der Waals surface area contributed by atoms with Crippen LogP contribution in [0.2, 0.25) is 0 Å². The summed E-state index contributed by atoms with van der Waals surface area (Å²) in [4.78, 5) is 14.2. The third-order valence-electron chi connectivity index (χ3n) is 8.27. The molecule has 4 rings (SSSR count). The molecule has 0 saturated carbocycles. The number of anilines is 3. The van der Waals surface area contributed by atoms with E-state index in [2.05, 4.69) is 90.3 Å². The lowest BCUT2D eigenvalue weighted by atomic mass is 9.81. The summed E-state index contributed by atoms with van der Waals surface area (Å²) < 4.78 is 2.41. The lowest BCUT2D eigenvalue weighted by molar-refractivity contribution is -0.438. The molecule has 0 fully saturated rings. The first-order valence-electron chi connectivity index (χ1n) is 15.6. The third-order valence-corrected chi connectivity index (χ3v) is 8.27. The molecule has 7 heteroatoms. The first-order chi connectivity index (χ1) is 20.8. The van der Waals surface area contributed by atoms with Gasteiger partial charge in [0.05, 0.1) is 5.41 Å². The molecule has 3 aromatic rings. The molecule has 1 aliphatic heterocycles. The van der Waals surface area contributed by atoms with Crippen LogP contribution < -0.4 is 21.3 Å². The number of phenolic OH excluding ortho intramolecular Hbond substituents is 1. The molecule has 0 atom stereocenters. The van der Waals surface area contributed by atoms with Crippen molar-refractivity contribution in [3.05, 3.63) is 83.9 Å². The summed E-state index contributed by atoms with van der Waals surface area (Å²) >= 11 is 0. The van der Waals surface area contributed by atoms with Crippen LogP contribution in [0, 0.1) is 0 Å². The Balaban J connectivity index is 1.59. The number of phenols is 1. The highest BCUT2D eigenvalue weighted by Gasteiger charge is 2.44. The van der Waals surface area contributed by atoms with Crippen LogP contribution >= 0.6 is 0 Å². The molecule has 5 N–H and O–H groups in total. The summed E-state index contributed by atoms with van der Waals surface area (Å²) in [6.07, 6.45) is 7.48. The molecule has 7 nitrogen and oxygen atoms in total. The van der Waals surface area contributed by atoms with Gasteiger partial charge in [-0.05, 0) is 83.0 Å². The molecule has 3 aromatic carbocycles. The minimum Gasteiger partial charge on any atom is -0.507 e. The van der Waals surface area contributed by atoms with E-state index in [1.165, 1.54) is 17.0 Å². The highest BCUT2D eigenvalue weighted by atomic mass is 16.3. The molecule has 1 aliphatic rings. The van der Waals surface area contributed by atoms with Gasteiger partial charge in [0.15, 0.2) is 5.71 Å². The number of nitrogens with zero attached hydrogens (tertiary/aromatic N) is 2. The zero-order chi connectivity index (χ0) is 30.8. The molecule has 0 aliphatic carbocycles. The topological polar surface area (TPSA) is 93.6 Å². The number of unbranched alkanes of at least 4 members (excludes halogenated alkanes) is 2. The third kappa shape index (κ3) is 7.85. The maximum absolute atomic E-state index is 12.0. The van der Waals surface area contributed by atoms with Gasteiger partial charge in [-0.2, -0.15) is 4.58 Å². The number of amides is 1. The van der Waals surface area contributed by atoms with Crippen molar-refractivity contribution in [1.82, 2.24) is 5.32 Å². The van der Waals surface area contributed by atoms with Crippen molar-refractivity contribution in [2.75, 3.05) is 42.9 Å². The number of hydrogen-bond donors (Lipinski definition) is 4. The van der Waals surface area contributed by atoms with E-state index in [1.54, 1.807) is 0 Å². The summed E-state index contributed by atoms with van der Waals surface area (Å²) in [5.41, 5.74) is 12.8. The normalized spacial score (nSPS) is 13.8. The summed E-state index contributed by atoms with van der Waals surface area (Å²) in [6.45, 7) is 12.4. The van der Waals surface area contributed by atoms with Gasteiger partial charge in [0.25, 0.3) is 0 Å². The lowest BCUT2D eigenvalue weighted by Crippen LogP contribution is -2.28. The largest absolute Gasteiger partial charge is 0.507 e. The summed E-state index contributed by atoms with van der Waals surface area (Å²) in [6, 6.07) is 22.8. The first-order valence-corrected chi connectivity index (χ1v) is 15.6. The zero-order valence-corrected chi connectivity index (χ0v) is 26.2. The predicted octanol–water partition coefficient (Wildman–Crippen LogP) is 6.71. The van der Waals surface area contributed by atoms with Crippen molar-refractivity contribution in [3.8, 4) is 5.75 Å². The maximum Gasteiger partial charge on any atom is 0.220 e. The Hall–Kier alpha value is -4.10. The van der Waals surface area contributed by atoms with Gasteiger partial charge in [-0.1, -0.05) is 18.2 Å². The van der Waals surface area contributed by atoms with Gasteiger partial charge in [-0.3, -0.25) is 4.79 Å². The molecular weight excluding hydrogens is 534 g/mol. The van der Waals surface area contributed by atoms with Crippen LogP contribution in [0.4, 0.5) is 22.7 Å². The van der Waals surface area contributed by atoms with Crippen molar-refractivity contribution in [1.29, 1.82) is 0 Å². The Kier molecular flexibility index (Phi) is 11.0. The van der Waals surface area contributed by atoms with Crippen LogP contribution in [-0.2, 0) is 10.2 Å². The molecule has 0 bridgehead atoms. The number of fused-ring (bicyclic) bond motifs is 1. The lowest BCUT2D eigenvalue weighted by Gasteiger charge is -2.21. The number of para-hydroxylation sites is 1. The number of aromatic hydroxyl groups is 1. The number of benzene rings is 3. The van der Waals surface area contributed by atoms with E-state index >= 15 is 0 Å². The van der Waals surface area contributed by atoms with Gasteiger partial charge < -0.3 is 26.4 Å². The number of hydrogen-bond acceptors (Lipinski definition) is 5. The van der Waals surface area contributed by atoms with E-state index in [0.29, 0.717) is 19.5 Å². The van der Waals surface area contributed by atoms with Crippen LogP contribution in [0.1, 0.15) is 64.5 Å². The molecule has 1 amide bonds. The van der Waals surface area contributed by atoms with Gasteiger partial charge in [0.1, 0.15) is 12.3 Å². The maximum atomic E-state index is 12.0. The van der Waals surface area contributed by atoms with Gasteiger partial charge >= 0.3 is 0 Å². The molecule has 0 aromatic heterocycles.